The number of carbonyl (C=O) groups excluding carboxylic acids is 1. The Morgan fingerprint density at radius 2 is 2.07 bits per heavy atom. The highest BCUT2D eigenvalue weighted by molar-refractivity contribution is 5.92. The van der Waals surface area contributed by atoms with Crippen LogP contribution >= 0.6 is 0 Å². The molecule has 3 nitrogen and oxygen atoms in total. The number of anilines is 1. The van der Waals surface area contributed by atoms with Gasteiger partial charge < -0.3 is 4.42 Å². The highest BCUT2D eigenvalue weighted by Gasteiger charge is 2.10. The predicted octanol–water partition coefficient (Wildman–Crippen LogP) is 2.42. The van der Waals surface area contributed by atoms with Gasteiger partial charge in [-0.3, -0.25) is 9.69 Å². The molecule has 1 aromatic heterocycles. The summed E-state index contributed by atoms with van der Waals surface area (Å²) in [5.41, 5.74) is 0.801. The summed E-state index contributed by atoms with van der Waals surface area (Å²) in [7, 11) is 1.69. The van der Waals surface area contributed by atoms with Crippen LogP contribution in [0.5, 0.6) is 0 Å². The van der Waals surface area contributed by atoms with Gasteiger partial charge in [0, 0.05) is 25.4 Å². The van der Waals surface area contributed by atoms with Crippen molar-refractivity contribution in [3.05, 3.63) is 30.3 Å². The van der Waals surface area contributed by atoms with Gasteiger partial charge in [0.25, 0.3) is 0 Å². The summed E-state index contributed by atoms with van der Waals surface area (Å²) in [6, 6.07) is 9.54. The van der Waals surface area contributed by atoms with E-state index in [0.29, 0.717) is 5.88 Å². The maximum absolute atomic E-state index is 11.1. The van der Waals surface area contributed by atoms with Gasteiger partial charge in [-0.15, -0.1) is 0 Å². The summed E-state index contributed by atoms with van der Waals surface area (Å²) in [4.78, 5) is 12.6. The second-order valence-electron chi connectivity index (χ2n) is 3.20. The normalized spacial score (nSPS) is 10.4. The Morgan fingerprint density at radius 1 is 1.36 bits per heavy atom. The van der Waals surface area contributed by atoms with Crippen molar-refractivity contribution in [2.45, 2.75) is 6.92 Å². The number of furan rings is 1. The van der Waals surface area contributed by atoms with E-state index in [1.54, 1.807) is 7.05 Å². The van der Waals surface area contributed by atoms with Crippen molar-refractivity contribution in [2.24, 2.45) is 0 Å². The maximum Gasteiger partial charge on any atom is 0.225 e. The molecule has 3 heteroatoms. The highest BCUT2D eigenvalue weighted by Crippen LogP contribution is 2.24. The lowest BCUT2D eigenvalue weighted by Crippen LogP contribution is -2.21. The monoisotopic (exact) mass is 189 g/mol. The number of amides is 1. The molecule has 0 spiro atoms. The van der Waals surface area contributed by atoms with Gasteiger partial charge in [0.1, 0.15) is 5.58 Å². The van der Waals surface area contributed by atoms with Crippen molar-refractivity contribution in [3.63, 3.8) is 0 Å². The van der Waals surface area contributed by atoms with Crippen molar-refractivity contribution in [1.29, 1.82) is 0 Å². The lowest BCUT2D eigenvalue weighted by atomic mass is 10.3. The first-order valence-electron chi connectivity index (χ1n) is 4.41. The topological polar surface area (TPSA) is 33.5 Å². The van der Waals surface area contributed by atoms with Crippen LogP contribution in [-0.4, -0.2) is 13.0 Å². The molecule has 72 valence electrons. The first kappa shape index (κ1) is 8.81. The average molecular weight is 189 g/mol. The maximum atomic E-state index is 11.1. The summed E-state index contributed by atoms with van der Waals surface area (Å²) < 4.78 is 5.50. The van der Waals surface area contributed by atoms with Crippen LogP contribution in [0.25, 0.3) is 11.0 Å². The minimum atomic E-state index is -0.0379. The summed E-state index contributed by atoms with van der Waals surface area (Å²) in [6.07, 6.45) is 0. The van der Waals surface area contributed by atoms with E-state index in [-0.39, 0.29) is 5.91 Å². The van der Waals surface area contributed by atoms with Crippen LogP contribution in [0.4, 0.5) is 5.88 Å². The quantitative estimate of drug-likeness (QED) is 0.690. The van der Waals surface area contributed by atoms with E-state index in [9.17, 15) is 4.79 Å². The molecule has 2 aromatic rings. The molecule has 0 saturated carbocycles. The minimum absolute atomic E-state index is 0.0379. The van der Waals surface area contributed by atoms with Gasteiger partial charge in [0.05, 0.1) is 0 Å². The molecule has 0 bridgehead atoms. The molecule has 0 N–H and O–H groups in total. The van der Waals surface area contributed by atoms with Crippen LogP contribution in [0, 0.1) is 0 Å². The summed E-state index contributed by atoms with van der Waals surface area (Å²) in [5.74, 6) is 0.544. The number of para-hydroxylation sites is 1. The number of benzene rings is 1. The molecular formula is C11H11NO2. The average Bonchev–Trinajstić information content (AvgIpc) is 2.59. The minimum Gasteiger partial charge on any atom is -0.440 e. The molecule has 1 aromatic carbocycles. The molecule has 1 amide bonds. The number of nitrogens with zero attached hydrogens (tertiary/aromatic N) is 1. The van der Waals surface area contributed by atoms with Gasteiger partial charge in [-0.1, -0.05) is 18.2 Å². The molecule has 14 heavy (non-hydrogen) atoms. The zero-order valence-corrected chi connectivity index (χ0v) is 8.15. The van der Waals surface area contributed by atoms with Gasteiger partial charge >= 0.3 is 0 Å². The van der Waals surface area contributed by atoms with Crippen molar-refractivity contribution in [1.82, 2.24) is 0 Å². The van der Waals surface area contributed by atoms with Gasteiger partial charge in [0.15, 0.2) is 0 Å². The van der Waals surface area contributed by atoms with Crippen LogP contribution in [0.15, 0.2) is 34.7 Å². The van der Waals surface area contributed by atoms with Crippen LogP contribution in [0.1, 0.15) is 6.92 Å². The van der Waals surface area contributed by atoms with Crippen molar-refractivity contribution >= 4 is 22.8 Å². The van der Waals surface area contributed by atoms with E-state index in [1.165, 1.54) is 11.8 Å². The fourth-order valence-corrected chi connectivity index (χ4v) is 1.29. The number of hydrogen-bond donors (Lipinski definition) is 0. The zero-order chi connectivity index (χ0) is 10.1. The van der Waals surface area contributed by atoms with E-state index >= 15 is 0 Å². The van der Waals surface area contributed by atoms with Gasteiger partial charge in [0.2, 0.25) is 11.8 Å². The van der Waals surface area contributed by atoms with Crippen LogP contribution in [-0.2, 0) is 4.79 Å². The third-order valence-electron chi connectivity index (χ3n) is 2.22. The first-order chi connectivity index (χ1) is 6.68. The van der Waals surface area contributed by atoms with Gasteiger partial charge in [-0.25, -0.2) is 0 Å². The molecule has 0 aliphatic rings. The summed E-state index contributed by atoms with van der Waals surface area (Å²) in [6.45, 7) is 1.51. The van der Waals surface area contributed by atoms with Gasteiger partial charge in [-0.05, 0) is 6.07 Å². The Kier molecular flexibility index (Phi) is 2.00. The number of hydrogen-bond acceptors (Lipinski definition) is 2. The Labute approximate surface area is 81.9 Å². The highest BCUT2D eigenvalue weighted by atomic mass is 16.4. The smallest absolute Gasteiger partial charge is 0.225 e. The molecular weight excluding hydrogens is 178 g/mol. The Balaban J connectivity index is 2.50. The second-order valence-corrected chi connectivity index (χ2v) is 3.20. The molecule has 0 fully saturated rings. The van der Waals surface area contributed by atoms with Crippen molar-refractivity contribution in [3.8, 4) is 0 Å². The Morgan fingerprint density at radius 3 is 2.71 bits per heavy atom. The molecule has 0 aliphatic heterocycles. The first-order valence-corrected chi connectivity index (χ1v) is 4.41. The number of carbonyl (C=O) groups is 1. The third-order valence-corrected chi connectivity index (χ3v) is 2.22. The van der Waals surface area contributed by atoms with E-state index in [1.807, 2.05) is 30.3 Å². The van der Waals surface area contributed by atoms with E-state index in [0.717, 1.165) is 11.0 Å². The van der Waals surface area contributed by atoms with E-state index in [2.05, 4.69) is 0 Å². The number of fused-ring (bicyclic) bond motifs is 1. The Hall–Kier alpha value is -1.77. The number of rotatable bonds is 1. The Bertz CT molecular complexity index is 440. The predicted molar refractivity (Wildman–Crippen MR) is 55.3 cm³/mol. The molecule has 2 rings (SSSR count). The standard InChI is InChI=1S/C11H11NO2/c1-8(13)12(2)11-7-9-5-3-4-6-10(9)14-11/h3-7H,1-2H3. The molecule has 1 heterocycles. The van der Waals surface area contributed by atoms with Gasteiger partial charge in [-0.2, -0.15) is 0 Å². The van der Waals surface area contributed by atoms with Crippen LogP contribution in [0.3, 0.4) is 0 Å². The molecule has 0 atom stereocenters. The lowest BCUT2D eigenvalue weighted by molar-refractivity contribution is -0.116. The largest absolute Gasteiger partial charge is 0.440 e. The van der Waals surface area contributed by atoms with E-state index < -0.39 is 0 Å². The molecule has 0 aliphatic carbocycles. The van der Waals surface area contributed by atoms with Crippen molar-refractivity contribution in [2.75, 3.05) is 11.9 Å². The summed E-state index contributed by atoms with van der Waals surface area (Å²) in [5, 5.41) is 1.01. The molecule has 0 radical (unpaired) electrons. The fraction of sp³-hybridized carbons (Fsp3) is 0.182. The van der Waals surface area contributed by atoms with Crippen LogP contribution in [0.2, 0.25) is 0 Å². The lowest BCUT2D eigenvalue weighted by Gasteiger charge is -2.09. The van der Waals surface area contributed by atoms with Crippen molar-refractivity contribution < 1.29 is 9.21 Å². The summed E-state index contributed by atoms with van der Waals surface area (Å²) >= 11 is 0. The fourth-order valence-electron chi connectivity index (χ4n) is 1.29. The molecule has 0 saturated heterocycles. The SMILES string of the molecule is CC(=O)N(C)c1cc2ccccc2o1. The van der Waals surface area contributed by atoms with Crippen LogP contribution < -0.4 is 4.90 Å². The second kappa shape index (κ2) is 3.18. The zero-order valence-electron chi connectivity index (χ0n) is 8.15. The third kappa shape index (κ3) is 1.37. The van der Waals surface area contributed by atoms with E-state index in [4.69, 9.17) is 4.42 Å². The molecule has 0 unspecified atom stereocenters.